The van der Waals surface area contributed by atoms with Gasteiger partial charge in [0.05, 0.1) is 32.3 Å². The summed E-state index contributed by atoms with van der Waals surface area (Å²) in [6.07, 6.45) is 6.68. The molecule has 2 aliphatic heterocycles. The van der Waals surface area contributed by atoms with Crippen molar-refractivity contribution in [3.8, 4) is 11.5 Å². The lowest BCUT2D eigenvalue weighted by atomic mass is 9.53. The molecule has 2 aliphatic carbocycles. The number of carbonyl (C=O) groups is 1. The van der Waals surface area contributed by atoms with E-state index in [0.717, 1.165) is 43.9 Å². The van der Waals surface area contributed by atoms with E-state index in [0.29, 0.717) is 18.4 Å². The van der Waals surface area contributed by atoms with Crippen molar-refractivity contribution in [2.24, 2.45) is 23.2 Å². The van der Waals surface area contributed by atoms with E-state index < -0.39 is 0 Å². The van der Waals surface area contributed by atoms with Crippen LogP contribution in [0.3, 0.4) is 0 Å². The molecule has 0 amide bonds. The van der Waals surface area contributed by atoms with Gasteiger partial charge < -0.3 is 24.3 Å². The maximum absolute atomic E-state index is 12.7. The van der Waals surface area contributed by atoms with Crippen LogP contribution in [0.5, 0.6) is 11.5 Å². The van der Waals surface area contributed by atoms with Gasteiger partial charge in [-0.2, -0.15) is 0 Å². The third kappa shape index (κ3) is 3.72. The summed E-state index contributed by atoms with van der Waals surface area (Å²) in [6, 6.07) is 6.01. The molecule has 1 aromatic carbocycles. The summed E-state index contributed by atoms with van der Waals surface area (Å²) in [7, 11) is 3.30. The summed E-state index contributed by atoms with van der Waals surface area (Å²) in [4.78, 5) is 12.7. The van der Waals surface area contributed by atoms with Crippen molar-refractivity contribution in [3.05, 3.63) is 23.8 Å². The summed E-state index contributed by atoms with van der Waals surface area (Å²) in [5.41, 5.74) is 1.54. The van der Waals surface area contributed by atoms with Crippen molar-refractivity contribution in [1.29, 1.82) is 0 Å². The lowest BCUT2D eigenvalue weighted by Crippen LogP contribution is -2.51. The normalized spacial score (nSPS) is 38.4. The van der Waals surface area contributed by atoms with Crippen LogP contribution in [-0.4, -0.2) is 51.6 Å². The first-order valence-electron chi connectivity index (χ1n) is 11.7. The van der Waals surface area contributed by atoms with Crippen LogP contribution in [0.2, 0.25) is 0 Å². The third-order valence-corrected chi connectivity index (χ3v) is 8.48. The molecular weight excluding hydrogens is 394 g/mol. The number of hydrogen-bond acceptors (Lipinski definition) is 6. The van der Waals surface area contributed by atoms with Crippen molar-refractivity contribution in [2.75, 3.05) is 33.9 Å². The minimum absolute atomic E-state index is 0.0124. The van der Waals surface area contributed by atoms with Gasteiger partial charge in [0.25, 0.3) is 0 Å². The number of fused-ring (bicyclic) bond motifs is 3. The van der Waals surface area contributed by atoms with Gasteiger partial charge in [-0.25, -0.2) is 0 Å². The van der Waals surface area contributed by atoms with Crippen molar-refractivity contribution in [3.63, 3.8) is 0 Å². The summed E-state index contributed by atoms with van der Waals surface area (Å²) >= 11 is 0. The minimum atomic E-state index is -0.0438. The second-order valence-corrected chi connectivity index (χ2v) is 10.2. The Morgan fingerprint density at radius 3 is 2.74 bits per heavy atom. The summed E-state index contributed by atoms with van der Waals surface area (Å²) in [5.74, 6) is 2.32. The largest absolute Gasteiger partial charge is 0.493 e. The Morgan fingerprint density at radius 1 is 1.19 bits per heavy atom. The second-order valence-electron chi connectivity index (χ2n) is 10.2. The summed E-state index contributed by atoms with van der Waals surface area (Å²) in [5, 5.41) is 3.52. The highest BCUT2D eigenvalue weighted by molar-refractivity contribution is 5.75. The van der Waals surface area contributed by atoms with E-state index in [2.05, 4.69) is 18.3 Å². The zero-order valence-electron chi connectivity index (χ0n) is 18.9. The standard InChI is InChI=1S/C25H35NO5/c1-24-8-4-9-25(15-30-25)22(24)12-17-18(23(27)31-21(17)13-24)14-26-10-7-16-5-6-19(28-2)20(11-16)29-3/h5-6,11,17-18,21-22,26H,4,7-10,12-15H2,1-3H3/t17-,18?,21-,22-,24-,25+/m1/s1. The molecule has 5 rings (SSSR count). The second kappa shape index (κ2) is 7.96. The molecule has 1 aromatic rings. The maximum atomic E-state index is 12.7. The van der Waals surface area contributed by atoms with Crippen LogP contribution in [0, 0.1) is 23.2 Å². The van der Waals surface area contributed by atoms with E-state index in [9.17, 15) is 4.79 Å². The average molecular weight is 430 g/mol. The van der Waals surface area contributed by atoms with E-state index in [4.69, 9.17) is 18.9 Å². The Morgan fingerprint density at radius 2 is 2.00 bits per heavy atom. The van der Waals surface area contributed by atoms with E-state index in [1.165, 1.54) is 24.8 Å². The third-order valence-electron chi connectivity index (χ3n) is 8.48. The first-order chi connectivity index (χ1) is 15.0. The van der Waals surface area contributed by atoms with Crippen LogP contribution >= 0.6 is 0 Å². The maximum Gasteiger partial charge on any atom is 0.310 e. The van der Waals surface area contributed by atoms with E-state index in [1.54, 1.807) is 14.2 Å². The molecule has 4 aliphatic rings. The van der Waals surface area contributed by atoms with Gasteiger partial charge in [-0.05, 0) is 74.1 Å². The van der Waals surface area contributed by atoms with Crippen molar-refractivity contribution in [2.45, 2.75) is 57.2 Å². The van der Waals surface area contributed by atoms with E-state index in [1.807, 2.05) is 12.1 Å². The molecule has 0 aromatic heterocycles. The lowest BCUT2D eigenvalue weighted by Gasteiger charge is -2.51. The molecule has 6 atom stereocenters. The Kier molecular flexibility index (Phi) is 5.41. The SMILES string of the molecule is COc1ccc(CCNCC2C(=O)O[C@@H]3C[C@@]4(C)CCC[C@]5(CO5)[C@@H]4C[C@H]23)cc1OC. The summed E-state index contributed by atoms with van der Waals surface area (Å²) in [6.45, 7) is 4.81. The molecular formula is C25H35NO5. The average Bonchev–Trinajstić information content (AvgIpc) is 3.46. The van der Waals surface area contributed by atoms with Gasteiger partial charge in [-0.1, -0.05) is 13.0 Å². The number of ether oxygens (including phenoxy) is 4. The molecule has 4 fully saturated rings. The molecule has 31 heavy (non-hydrogen) atoms. The predicted octanol–water partition coefficient (Wildman–Crippen LogP) is 3.36. The molecule has 1 spiro atoms. The van der Waals surface area contributed by atoms with Gasteiger partial charge in [-0.3, -0.25) is 4.79 Å². The summed E-state index contributed by atoms with van der Waals surface area (Å²) < 4.78 is 22.6. The van der Waals surface area contributed by atoms with Crippen LogP contribution in [0.1, 0.15) is 44.6 Å². The van der Waals surface area contributed by atoms with Gasteiger partial charge in [0, 0.05) is 12.5 Å². The number of carbonyl (C=O) groups excluding carboxylic acids is 1. The monoisotopic (exact) mass is 429 g/mol. The first-order valence-corrected chi connectivity index (χ1v) is 11.7. The van der Waals surface area contributed by atoms with Gasteiger partial charge in [0.1, 0.15) is 6.10 Å². The Balaban J connectivity index is 1.18. The van der Waals surface area contributed by atoms with Gasteiger partial charge in [-0.15, -0.1) is 0 Å². The smallest absolute Gasteiger partial charge is 0.310 e. The van der Waals surface area contributed by atoms with Crippen LogP contribution in [0.25, 0.3) is 0 Å². The Labute approximate surface area is 185 Å². The number of methoxy groups -OCH3 is 2. The van der Waals surface area contributed by atoms with Crippen LogP contribution < -0.4 is 14.8 Å². The highest BCUT2D eigenvalue weighted by atomic mass is 16.6. The molecule has 2 saturated carbocycles. The molecule has 2 saturated heterocycles. The highest BCUT2D eigenvalue weighted by Gasteiger charge is 2.64. The zero-order valence-corrected chi connectivity index (χ0v) is 18.9. The van der Waals surface area contributed by atoms with Gasteiger partial charge in [0.15, 0.2) is 11.5 Å². The fourth-order valence-electron chi connectivity index (χ4n) is 6.72. The molecule has 6 heteroatoms. The minimum Gasteiger partial charge on any atom is -0.493 e. The van der Waals surface area contributed by atoms with Gasteiger partial charge >= 0.3 is 5.97 Å². The molecule has 6 nitrogen and oxygen atoms in total. The fraction of sp³-hybridized carbons (Fsp3) is 0.720. The fourth-order valence-corrected chi connectivity index (χ4v) is 6.72. The van der Waals surface area contributed by atoms with Crippen LogP contribution in [0.4, 0.5) is 0 Å². The van der Waals surface area contributed by atoms with Crippen LogP contribution in [0.15, 0.2) is 18.2 Å². The molecule has 1 N–H and O–H groups in total. The van der Waals surface area contributed by atoms with Crippen LogP contribution in [-0.2, 0) is 20.7 Å². The first kappa shape index (κ1) is 21.1. The number of benzene rings is 1. The molecule has 0 radical (unpaired) electrons. The zero-order chi connectivity index (χ0) is 21.6. The van der Waals surface area contributed by atoms with E-state index in [-0.39, 0.29) is 29.0 Å². The Bertz CT molecular complexity index is 837. The number of esters is 1. The number of epoxide rings is 1. The number of hydrogen-bond donors (Lipinski definition) is 1. The van der Waals surface area contributed by atoms with Crippen molar-refractivity contribution >= 4 is 5.97 Å². The number of rotatable bonds is 7. The quantitative estimate of drug-likeness (QED) is 0.407. The van der Waals surface area contributed by atoms with E-state index >= 15 is 0 Å². The molecule has 1 unspecified atom stereocenters. The molecule has 0 bridgehead atoms. The highest BCUT2D eigenvalue weighted by Crippen LogP contribution is 2.62. The van der Waals surface area contributed by atoms with Crippen molar-refractivity contribution < 1.29 is 23.7 Å². The lowest BCUT2D eigenvalue weighted by molar-refractivity contribution is -0.147. The topological polar surface area (TPSA) is 69.3 Å². The Hall–Kier alpha value is -1.79. The van der Waals surface area contributed by atoms with Gasteiger partial charge in [0.2, 0.25) is 0 Å². The molecule has 2 heterocycles. The molecule has 170 valence electrons. The van der Waals surface area contributed by atoms with Crippen molar-refractivity contribution in [1.82, 2.24) is 5.32 Å². The predicted molar refractivity (Wildman–Crippen MR) is 116 cm³/mol. The number of nitrogens with one attached hydrogen (secondary N) is 1.